The van der Waals surface area contributed by atoms with Crippen molar-refractivity contribution in [3.8, 4) is 0 Å². The summed E-state index contributed by atoms with van der Waals surface area (Å²) in [7, 11) is 0. The number of hydrogen-bond donors (Lipinski definition) is 0. The number of fused-ring (bicyclic) bond motifs is 1. The highest BCUT2D eigenvalue weighted by atomic mass is 16.5. The van der Waals surface area contributed by atoms with E-state index in [9.17, 15) is 4.79 Å². The third-order valence-electron chi connectivity index (χ3n) is 4.80. The van der Waals surface area contributed by atoms with Gasteiger partial charge in [-0.25, -0.2) is 0 Å². The van der Waals surface area contributed by atoms with Gasteiger partial charge in [0.2, 0.25) is 0 Å². The SMILES string of the molecule is C=C1C[C@H](OC(=O)CC)C(C)(C)CC2=C(C)CC[C@@H]12. The van der Waals surface area contributed by atoms with E-state index in [4.69, 9.17) is 4.74 Å². The molecule has 1 fully saturated rings. The van der Waals surface area contributed by atoms with Crippen LogP contribution in [0.5, 0.6) is 0 Å². The highest BCUT2D eigenvalue weighted by Crippen LogP contribution is 2.49. The fourth-order valence-corrected chi connectivity index (χ4v) is 3.42. The molecule has 0 aromatic carbocycles. The lowest BCUT2D eigenvalue weighted by atomic mass is 9.80. The van der Waals surface area contributed by atoms with Crippen LogP contribution in [0.25, 0.3) is 0 Å². The Morgan fingerprint density at radius 2 is 2.16 bits per heavy atom. The second kappa shape index (κ2) is 5.15. The molecule has 2 nitrogen and oxygen atoms in total. The molecule has 0 radical (unpaired) electrons. The summed E-state index contributed by atoms with van der Waals surface area (Å²) in [4.78, 5) is 11.6. The van der Waals surface area contributed by atoms with Crippen molar-refractivity contribution in [1.82, 2.24) is 0 Å². The molecule has 2 aliphatic carbocycles. The Balaban J connectivity index is 2.26. The van der Waals surface area contributed by atoms with Crippen LogP contribution in [0.15, 0.2) is 23.3 Å². The molecule has 0 heterocycles. The molecule has 1 saturated carbocycles. The molecule has 0 amide bonds. The smallest absolute Gasteiger partial charge is 0.305 e. The average molecular weight is 262 g/mol. The normalized spacial score (nSPS) is 30.0. The van der Waals surface area contributed by atoms with Crippen molar-refractivity contribution in [2.24, 2.45) is 11.3 Å². The van der Waals surface area contributed by atoms with Gasteiger partial charge < -0.3 is 4.74 Å². The lowest BCUT2D eigenvalue weighted by molar-refractivity contribution is -0.154. The van der Waals surface area contributed by atoms with E-state index in [0.717, 1.165) is 12.8 Å². The quantitative estimate of drug-likeness (QED) is 0.544. The van der Waals surface area contributed by atoms with Crippen LogP contribution >= 0.6 is 0 Å². The van der Waals surface area contributed by atoms with Crippen molar-refractivity contribution in [1.29, 1.82) is 0 Å². The molecule has 0 aromatic heterocycles. The molecule has 0 bridgehead atoms. The van der Waals surface area contributed by atoms with Crippen LogP contribution < -0.4 is 0 Å². The van der Waals surface area contributed by atoms with Crippen LogP contribution in [0, 0.1) is 11.3 Å². The van der Waals surface area contributed by atoms with Gasteiger partial charge in [-0.15, -0.1) is 0 Å². The lowest BCUT2D eigenvalue weighted by Crippen LogP contribution is -2.33. The first-order valence-electron chi connectivity index (χ1n) is 7.40. The number of hydrogen-bond acceptors (Lipinski definition) is 2. The third-order valence-corrected chi connectivity index (χ3v) is 4.80. The van der Waals surface area contributed by atoms with Crippen molar-refractivity contribution in [3.05, 3.63) is 23.3 Å². The predicted octanol–water partition coefficient (Wildman–Crippen LogP) is 4.41. The molecule has 106 valence electrons. The number of carbonyl (C=O) groups is 1. The first-order valence-corrected chi connectivity index (χ1v) is 7.40. The number of ether oxygens (including phenoxy) is 1. The summed E-state index contributed by atoms with van der Waals surface area (Å²) in [5.41, 5.74) is 4.35. The minimum Gasteiger partial charge on any atom is -0.461 e. The fraction of sp³-hybridized carbons (Fsp3) is 0.706. The zero-order valence-electron chi connectivity index (χ0n) is 12.7. The average Bonchev–Trinajstić information content (AvgIpc) is 2.65. The number of esters is 1. The molecule has 2 heteroatoms. The molecule has 0 aliphatic heterocycles. The monoisotopic (exact) mass is 262 g/mol. The van der Waals surface area contributed by atoms with E-state index < -0.39 is 0 Å². The van der Waals surface area contributed by atoms with E-state index in [1.807, 2.05) is 6.92 Å². The first kappa shape index (κ1) is 14.4. The van der Waals surface area contributed by atoms with Gasteiger partial charge in [0.1, 0.15) is 6.10 Å². The number of allylic oxidation sites excluding steroid dienone is 2. The topological polar surface area (TPSA) is 26.3 Å². The molecule has 0 N–H and O–H groups in total. The van der Waals surface area contributed by atoms with Crippen molar-refractivity contribution >= 4 is 5.97 Å². The molecule has 0 spiro atoms. The van der Waals surface area contributed by atoms with Crippen LogP contribution in [-0.2, 0) is 9.53 Å². The molecular formula is C17H26O2. The first-order chi connectivity index (χ1) is 8.85. The van der Waals surface area contributed by atoms with E-state index in [0.29, 0.717) is 12.3 Å². The molecule has 2 aliphatic rings. The van der Waals surface area contributed by atoms with Gasteiger partial charge in [0, 0.05) is 24.2 Å². The summed E-state index contributed by atoms with van der Waals surface area (Å²) < 4.78 is 5.68. The van der Waals surface area contributed by atoms with Crippen molar-refractivity contribution in [3.63, 3.8) is 0 Å². The molecule has 0 aromatic rings. The third kappa shape index (κ3) is 2.77. The number of carbonyl (C=O) groups excluding carboxylic acids is 1. The van der Waals surface area contributed by atoms with Crippen molar-refractivity contribution in [2.75, 3.05) is 0 Å². The summed E-state index contributed by atoms with van der Waals surface area (Å²) in [6.45, 7) is 12.8. The van der Waals surface area contributed by atoms with Gasteiger partial charge in [0.15, 0.2) is 0 Å². The maximum Gasteiger partial charge on any atom is 0.305 e. The maximum atomic E-state index is 11.6. The van der Waals surface area contributed by atoms with E-state index in [2.05, 4.69) is 27.4 Å². The van der Waals surface area contributed by atoms with E-state index in [-0.39, 0.29) is 17.5 Å². The Kier molecular flexibility index (Phi) is 3.89. The van der Waals surface area contributed by atoms with Crippen LogP contribution in [0.2, 0.25) is 0 Å². The van der Waals surface area contributed by atoms with Crippen molar-refractivity contribution in [2.45, 2.75) is 65.9 Å². The summed E-state index contributed by atoms with van der Waals surface area (Å²) in [5.74, 6) is 0.438. The zero-order chi connectivity index (χ0) is 14.2. The number of rotatable bonds is 2. The summed E-state index contributed by atoms with van der Waals surface area (Å²) in [6.07, 6.45) is 4.67. The van der Waals surface area contributed by atoms with Gasteiger partial charge in [-0.2, -0.15) is 0 Å². The second-order valence-corrected chi connectivity index (χ2v) is 6.76. The summed E-state index contributed by atoms with van der Waals surface area (Å²) in [6, 6.07) is 0. The minimum atomic E-state index is -0.0939. The predicted molar refractivity (Wildman–Crippen MR) is 77.8 cm³/mol. The van der Waals surface area contributed by atoms with E-state index in [1.54, 1.807) is 5.57 Å². The molecule has 2 rings (SSSR count). The standard InChI is InChI=1S/C17H26O2/c1-6-16(18)19-15-9-12(3)13-8-7-11(2)14(13)10-17(15,4)5/h13,15H,3,6-10H2,1-2,4-5H3/t13-,15-/m0/s1. The van der Waals surface area contributed by atoms with Gasteiger partial charge in [-0.05, 0) is 26.2 Å². The van der Waals surface area contributed by atoms with Crippen LogP contribution in [0.3, 0.4) is 0 Å². The highest BCUT2D eigenvalue weighted by Gasteiger charge is 2.41. The van der Waals surface area contributed by atoms with Gasteiger partial charge in [0.05, 0.1) is 0 Å². The van der Waals surface area contributed by atoms with Crippen LogP contribution in [-0.4, -0.2) is 12.1 Å². The largest absolute Gasteiger partial charge is 0.461 e. The molecule has 19 heavy (non-hydrogen) atoms. The molecule has 0 saturated heterocycles. The fourth-order valence-electron chi connectivity index (χ4n) is 3.42. The van der Waals surface area contributed by atoms with Gasteiger partial charge >= 0.3 is 5.97 Å². The van der Waals surface area contributed by atoms with Crippen LogP contribution in [0.4, 0.5) is 0 Å². The lowest BCUT2D eigenvalue weighted by Gasteiger charge is -2.32. The Morgan fingerprint density at radius 1 is 1.47 bits per heavy atom. The zero-order valence-corrected chi connectivity index (χ0v) is 12.7. The van der Waals surface area contributed by atoms with Crippen LogP contribution in [0.1, 0.15) is 59.8 Å². The Labute approximate surface area is 116 Å². The highest BCUT2D eigenvalue weighted by molar-refractivity contribution is 5.69. The van der Waals surface area contributed by atoms with E-state index in [1.165, 1.54) is 24.0 Å². The molecule has 2 atom stereocenters. The van der Waals surface area contributed by atoms with Gasteiger partial charge in [0.25, 0.3) is 0 Å². The Bertz CT molecular complexity index is 429. The Hall–Kier alpha value is -1.05. The summed E-state index contributed by atoms with van der Waals surface area (Å²) in [5, 5.41) is 0. The maximum absolute atomic E-state index is 11.6. The molecular weight excluding hydrogens is 236 g/mol. The second-order valence-electron chi connectivity index (χ2n) is 6.76. The minimum absolute atomic E-state index is 0.00343. The van der Waals surface area contributed by atoms with Gasteiger partial charge in [-0.1, -0.05) is 44.1 Å². The summed E-state index contributed by atoms with van der Waals surface area (Å²) >= 11 is 0. The van der Waals surface area contributed by atoms with Gasteiger partial charge in [-0.3, -0.25) is 4.79 Å². The van der Waals surface area contributed by atoms with Crippen molar-refractivity contribution < 1.29 is 9.53 Å². The Morgan fingerprint density at radius 3 is 2.79 bits per heavy atom. The molecule has 0 unspecified atom stereocenters. The van der Waals surface area contributed by atoms with E-state index >= 15 is 0 Å².